The Hall–Kier alpha value is -1.09. The first kappa shape index (κ1) is 13.3. The summed E-state index contributed by atoms with van der Waals surface area (Å²) in [7, 11) is 0. The van der Waals surface area contributed by atoms with Gasteiger partial charge >= 0.3 is 0 Å². The lowest BCUT2D eigenvalue weighted by atomic mass is 10.0. The van der Waals surface area contributed by atoms with Gasteiger partial charge in [0, 0.05) is 18.8 Å². The van der Waals surface area contributed by atoms with Crippen LogP contribution < -0.4 is 5.32 Å². The Bertz CT molecular complexity index is 442. The number of nitrogens with zero attached hydrogens (tertiary/aromatic N) is 1. The molecule has 18 heavy (non-hydrogen) atoms. The van der Waals surface area contributed by atoms with E-state index in [2.05, 4.69) is 49.2 Å². The zero-order chi connectivity index (χ0) is 13.1. The van der Waals surface area contributed by atoms with Crippen LogP contribution in [0.15, 0.2) is 18.2 Å². The van der Waals surface area contributed by atoms with E-state index in [4.69, 9.17) is 12.2 Å². The lowest BCUT2D eigenvalue weighted by molar-refractivity contribution is 0.276. The fourth-order valence-corrected chi connectivity index (χ4v) is 2.73. The second kappa shape index (κ2) is 5.70. The number of nitrogens with one attached hydrogen (secondary N) is 1. The van der Waals surface area contributed by atoms with Crippen molar-refractivity contribution in [3.63, 3.8) is 0 Å². The molecule has 1 heterocycles. The highest BCUT2D eigenvalue weighted by molar-refractivity contribution is 7.80. The first-order valence-electron chi connectivity index (χ1n) is 6.70. The summed E-state index contributed by atoms with van der Waals surface area (Å²) in [5.41, 5.74) is 3.72. The number of thiocarbonyl (C=S) groups is 1. The van der Waals surface area contributed by atoms with Crippen LogP contribution in [0, 0.1) is 19.8 Å². The lowest BCUT2D eigenvalue weighted by Gasteiger charge is -2.33. The molecule has 0 radical (unpaired) electrons. The molecule has 98 valence electrons. The standard InChI is InChI=1S/C15H22N2S/c1-11-6-5-9-17(10-11)15(18)16-14-8-4-7-12(2)13(14)3/h4,7-8,11H,5-6,9-10H2,1-3H3,(H,16,18)/t11-/m0/s1. The molecule has 1 aliphatic rings. The first-order valence-corrected chi connectivity index (χ1v) is 7.11. The number of rotatable bonds is 1. The molecule has 1 aromatic carbocycles. The van der Waals surface area contributed by atoms with Crippen molar-refractivity contribution in [3.8, 4) is 0 Å². The number of likely N-dealkylation sites (tertiary alicyclic amines) is 1. The highest BCUT2D eigenvalue weighted by atomic mass is 32.1. The van der Waals surface area contributed by atoms with Gasteiger partial charge in [-0.3, -0.25) is 0 Å². The van der Waals surface area contributed by atoms with E-state index in [1.165, 1.54) is 24.0 Å². The average molecular weight is 262 g/mol. The molecule has 1 N–H and O–H groups in total. The quantitative estimate of drug-likeness (QED) is 0.776. The number of benzene rings is 1. The van der Waals surface area contributed by atoms with E-state index in [9.17, 15) is 0 Å². The van der Waals surface area contributed by atoms with Gasteiger partial charge < -0.3 is 10.2 Å². The third-order valence-electron chi connectivity index (χ3n) is 3.79. The van der Waals surface area contributed by atoms with Gasteiger partial charge in [0.2, 0.25) is 0 Å². The van der Waals surface area contributed by atoms with E-state index in [1.807, 2.05) is 0 Å². The van der Waals surface area contributed by atoms with E-state index < -0.39 is 0 Å². The smallest absolute Gasteiger partial charge is 0.173 e. The molecule has 0 aromatic heterocycles. The molecular formula is C15H22N2S. The van der Waals surface area contributed by atoms with Crippen LogP contribution in [-0.2, 0) is 0 Å². The number of piperidine rings is 1. The molecule has 2 nitrogen and oxygen atoms in total. The van der Waals surface area contributed by atoms with Crippen molar-refractivity contribution in [2.45, 2.75) is 33.6 Å². The minimum absolute atomic E-state index is 0.747. The Balaban J connectivity index is 2.04. The van der Waals surface area contributed by atoms with Crippen LogP contribution in [0.3, 0.4) is 0 Å². The number of anilines is 1. The van der Waals surface area contributed by atoms with E-state index in [0.29, 0.717) is 0 Å². The highest BCUT2D eigenvalue weighted by Gasteiger charge is 2.18. The molecule has 1 aromatic rings. The van der Waals surface area contributed by atoms with E-state index in [1.54, 1.807) is 0 Å². The minimum atomic E-state index is 0.747. The molecule has 0 bridgehead atoms. The second-order valence-corrected chi connectivity index (χ2v) is 5.76. The van der Waals surface area contributed by atoms with Crippen molar-refractivity contribution in [2.24, 2.45) is 5.92 Å². The highest BCUT2D eigenvalue weighted by Crippen LogP contribution is 2.20. The van der Waals surface area contributed by atoms with Crippen molar-refractivity contribution >= 4 is 23.0 Å². The third kappa shape index (κ3) is 3.02. The average Bonchev–Trinajstić information content (AvgIpc) is 2.35. The van der Waals surface area contributed by atoms with E-state index >= 15 is 0 Å². The second-order valence-electron chi connectivity index (χ2n) is 5.37. The molecule has 1 aliphatic heterocycles. The Kier molecular flexibility index (Phi) is 4.23. The number of hydrogen-bond acceptors (Lipinski definition) is 1. The summed E-state index contributed by atoms with van der Waals surface area (Å²) < 4.78 is 0. The Morgan fingerprint density at radius 1 is 1.39 bits per heavy atom. The molecule has 0 aliphatic carbocycles. The molecule has 1 atom stereocenters. The van der Waals surface area contributed by atoms with Crippen molar-refractivity contribution in [2.75, 3.05) is 18.4 Å². The van der Waals surface area contributed by atoms with E-state index in [0.717, 1.165) is 29.8 Å². The van der Waals surface area contributed by atoms with Crippen LogP contribution in [0.5, 0.6) is 0 Å². The third-order valence-corrected chi connectivity index (χ3v) is 4.15. The van der Waals surface area contributed by atoms with Gasteiger partial charge in [0.25, 0.3) is 0 Å². The summed E-state index contributed by atoms with van der Waals surface area (Å²) in [6, 6.07) is 6.31. The molecule has 3 heteroatoms. The molecule has 0 saturated carbocycles. The predicted molar refractivity (Wildman–Crippen MR) is 82.1 cm³/mol. The van der Waals surface area contributed by atoms with Crippen LogP contribution in [0.2, 0.25) is 0 Å². The van der Waals surface area contributed by atoms with Gasteiger partial charge in [0.1, 0.15) is 0 Å². The zero-order valence-corrected chi connectivity index (χ0v) is 12.3. The van der Waals surface area contributed by atoms with Gasteiger partial charge in [-0.1, -0.05) is 19.1 Å². The monoisotopic (exact) mass is 262 g/mol. The van der Waals surface area contributed by atoms with Gasteiger partial charge in [-0.2, -0.15) is 0 Å². The normalized spacial score (nSPS) is 19.7. The minimum Gasteiger partial charge on any atom is -0.349 e. The maximum atomic E-state index is 5.53. The Morgan fingerprint density at radius 3 is 2.89 bits per heavy atom. The molecule has 1 saturated heterocycles. The lowest BCUT2D eigenvalue weighted by Crippen LogP contribution is -2.41. The molecule has 1 fully saturated rings. The van der Waals surface area contributed by atoms with Crippen LogP contribution in [0.1, 0.15) is 30.9 Å². The van der Waals surface area contributed by atoms with Gasteiger partial charge in [-0.05, 0) is 62.0 Å². The summed E-state index contributed by atoms with van der Waals surface area (Å²) in [5, 5.41) is 4.27. The summed E-state index contributed by atoms with van der Waals surface area (Å²) >= 11 is 5.53. The largest absolute Gasteiger partial charge is 0.349 e. The number of hydrogen-bond donors (Lipinski definition) is 1. The van der Waals surface area contributed by atoms with Crippen molar-refractivity contribution < 1.29 is 0 Å². The predicted octanol–water partition coefficient (Wildman–Crippen LogP) is 3.73. The van der Waals surface area contributed by atoms with Gasteiger partial charge in [0.15, 0.2) is 5.11 Å². The van der Waals surface area contributed by atoms with Gasteiger partial charge in [-0.15, -0.1) is 0 Å². The van der Waals surface area contributed by atoms with Crippen LogP contribution in [0.25, 0.3) is 0 Å². The number of aryl methyl sites for hydroxylation is 1. The van der Waals surface area contributed by atoms with E-state index in [-0.39, 0.29) is 0 Å². The zero-order valence-electron chi connectivity index (χ0n) is 11.5. The Labute approximate surface area is 115 Å². The Morgan fingerprint density at radius 2 is 2.17 bits per heavy atom. The topological polar surface area (TPSA) is 15.3 Å². The van der Waals surface area contributed by atoms with Crippen LogP contribution in [0.4, 0.5) is 5.69 Å². The first-order chi connectivity index (χ1) is 8.58. The van der Waals surface area contributed by atoms with Gasteiger partial charge in [-0.25, -0.2) is 0 Å². The summed E-state index contributed by atoms with van der Waals surface area (Å²) in [4.78, 5) is 2.30. The maximum Gasteiger partial charge on any atom is 0.173 e. The molecular weight excluding hydrogens is 240 g/mol. The van der Waals surface area contributed by atoms with Crippen LogP contribution in [-0.4, -0.2) is 23.1 Å². The molecule has 0 amide bonds. The van der Waals surface area contributed by atoms with Crippen molar-refractivity contribution in [1.82, 2.24) is 4.90 Å². The summed E-state index contributed by atoms with van der Waals surface area (Å²) in [5.74, 6) is 0.747. The summed E-state index contributed by atoms with van der Waals surface area (Å²) in [6.45, 7) is 8.73. The SMILES string of the molecule is Cc1cccc(NC(=S)N2CCC[C@H](C)C2)c1C. The fourth-order valence-electron chi connectivity index (χ4n) is 2.45. The molecule has 2 rings (SSSR count). The molecule has 0 unspecified atom stereocenters. The van der Waals surface area contributed by atoms with Crippen LogP contribution >= 0.6 is 12.2 Å². The molecule has 0 spiro atoms. The fraction of sp³-hybridized carbons (Fsp3) is 0.533. The summed E-state index contributed by atoms with van der Waals surface area (Å²) in [6.07, 6.45) is 2.57. The van der Waals surface area contributed by atoms with Crippen molar-refractivity contribution in [1.29, 1.82) is 0 Å². The van der Waals surface area contributed by atoms with Gasteiger partial charge in [0.05, 0.1) is 0 Å². The van der Waals surface area contributed by atoms with Crippen molar-refractivity contribution in [3.05, 3.63) is 29.3 Å². The maximum absolute atomic E-state index is 5.53.